The molecule has 0 aliphatic heterocycles. The molecule has 0 bridgehead atoms. The molecule has 1 aromatic heterocycles. The lowest BCUT2D eigenvalue weighted by molar-refractivity contribution is 0.0698. The Balaban J connectivity index is 2.19. The predicted molar refractivity (Wildman–Crippen MR) is 74.0 cm³/mol. The van der Waals surface area contributed by atoms with Crippen molar-refractivity contribution in [1.29, 1.82) is 0 Å². The van der Waals surface area contributed by atoms with Crippen LogP contribution in [-0.2, 0) is 0 Å². The molecule has 0 aliphatic rings. The Labute approximate surface area is 115 Å². The Kier molecular flexibility index (Phi) is 3.84. The Morgan fingerprint density at radius 2 is 2.05 bits per heavy atom. The molecule has 20 heavy (non-hydrogen) atoms. The van der Waals surface area contributed by atoms with Crippen LogP contribution in [0.3, 0.4) is 0 Å². The summed E-state index contributed by atoms with van der Waals surface area (Å²) in [5.41, 5.74) is 6.50. The number of hydrogen-bond acceptors (Lipinski definition) is 4. The number of pyridine rings is 1. The number of rotatable bonds is 4. The van der Waals surface area contributed by atoms with Crippen LogP contribution in [0.15, 0.2) is 36.5 Å². The fraction of sp³-hybridized carbons (Fsp3) is 0.143. The van der Waals surface area contributed by atoms with E-state index in [2.05, 4.69) is 10.3 Å². The summed E-state index contributed by atoms with van der Waals surface area (Å²) in [6.07, 6.45) is 1.29. The molecule has 0 radical (unpaired) electrons. The highest BCUT2D eigenvalue weighted by Crippen LogP contribution is 2.21. The van der Waals surface area contributed by atoms with Gasteiger partial charge in [0.2, 0.25) is 0 Å². The Hall–Kier alpha value is -2.63. The van der Waals surface area contributed by atoms with Crippen molar-refractivity contribution in [1.82, 2.24) is 4.98 Å². The van der Waals surface area contributed by atoms with E-state index in [9.17, 15) is 9.18 Å². The molecule has 2 rings (SSSR count). The van der Waals surface area contributed by atoms with E-state index in [1.165, 1.54) is 24.4 Å². The second-order valence-corrected chi connectivity index (χ2v) is 4.38. The van der Waals surface area contributed by atoms with Gasteiger partial charge in [0.1, 0.15) is 11.6 Å². The van der Waals surface area contributed by atoms with Gasteiger partial charge in [-0.15, -0.1) is 0 Å². The highest BCUT2D eigenvalue weighted by atomic mass is 19.1. The first kappa shape index (κ1) is 13.8. The number of carboxylic acids is 1. The number of nitrogens with zero attached hydrogens (tertiary/aromatic N) is 1. The third-order valence-corrected chi connectivity index (χ3v) is 2.90. The lowest BCUT2D eigenvalue weighted by Crippen LogP contribution is -2.10. The van der Waals surface area contributed by atoms with E-state index in [-0.39, 0.29) is 23.1 Å². The maximum Gasteiger partial charge on any atom is 0.337 e. The summed E-state index contributed by atoms with van der Waals surface area (Å²) in [5, 5.41) is 12.0. The fourth-order valence-electron chi connectivity index (χ4n) is 1.79. The zero-order valence-electron chi connectivity index (χ0n) is 10.8. The predicted octanol–water partition coefficient (Wildman–Crippen LogP) is 2.67. The van der Waals surface area contributed by atoms with E-state index in [0.717, 1.165) is 5.56 Å². The number of aromatic carboxylic acids is 1. The number of aromatic nitrogens is 1. The Morgan fingerprint density at radius 1 is 1.40 bits per heavy atom. The van der Waals surface area contributed by atoms with Crippen LogP contribution in [0.2, 0.25) is 0 Å². The number of hydrogen-bond donors (Lipinski definition) is 3. The largest absolute Gasteiger partial charge is 0.478 e. The van der Waals surface area contributed by atoms with Gasteiger partial charge in [-0.3, -0.25) is 0 Å². The molecule has 1 unspecified atom stereocenters. The van der Waals surface area contributed by atoms with Crippen LogP contribution in [0.5, 0.6) is 0 Å². The smallest absolute Gasteiger partial charge is 0.337 e. The van der Waals surface area contributed by atoms with Crippen molar-refractivity contribution >= 4 is 17.5 Å². The summed E-state index contributed by atoms with van der Waals surface area (Å²) in [4.78, 5) is 15.0. The van der Waals surface area contributed by atoms with Gasteiger partial charge >= 0.3 is 5.97 Å². The monoisotopic (exact) mass is 275 g/mol. The van der Waals surface area contributed by atoms with Gasteiger partial charge in [-0.25, -0.2) is 14.2 Å². The van der Waals surface area contributed by atoms with Crippen molar-refractivity contribution < 1.29 is 14.3 Å². The molecule has 6 heteroatoms. The second kappa shape index (κ2) is 5.56. The molecule has 0 amide bonds. The lowest BCUT2D eigenvalue weighted by atomic mass is 10.1. The first-order chi connectivity index (χ1) is 9.47. The number of carboxylic acid groups (broad SMARTS) is 1. The van der Waals surface area contributed by atoms with Crippen LogP contribution >= 0.6 is 0 Å². The third kappa shape index (κ3) is 3.03. The quantitative estimate of drug-likeness (QED) is 0.798. The van der Waals surface area contributed by atoms with Crippen molar-refractivity contribution in [3.05, 3.63) is 53.5 Å². The van der Waals surface area contributed by atoms with E-state index in [4.69, 9.17) is 10.8 Å². The molecule has 0 fully saturated rings. The van der Waals surface area contributed by atoms with E-state index < -0.39 is 5.97 Å². The lowest BCUT2D eigenvalue weighted by Gasteiger charge is -2.15. The minimum Gasteiger partial charge on any atom is -0.478 e. The minimum atomic E-state index is -1.11. The Morgan fingerprint density at radius 3 is 2.65 bits per heavy atom. The van der Waals surface area contributed by atoms with Gasteiger partial charge in [0, 0.05) is 6.04 Å². The van der Waals surface area contributed by atoms with Crippen LogP contribution in [0.25, 0.3) is 0 Å². The van der Waals surface area contributed by atoms with Crippen LogP contribution in [-0.4, -0.2) is 16.1 Å². The van der Waals surface area contributed by atoms with E-state index in [1.54, 1.807) is 12.1 Å². The molecule has 4 N–H and O–H groups in total. The average Bonchev–Trinajstić information content (AvgIpc) is 2.41. The maximum atomic E-state index is 12.9. The second-order valence-electron chi connectivity index (χ2n) is 4.38. The van der Waals surface area contributed by atoms with Crippen molar-refractivity contribution in [2.75, 3.05) is 11.1 Å². The number of nitrogen functional groups attached to an aromatic ring is 1. The van der Waals surface area contributed by atoms with Crippen molar-refractivity contribution in [2.45, 2.75) is 13.0 Å². The van der Waals surface area contributed by atoms with Crippen LogP contribution < -0.4 is 11.1 Å². The molecule has 2 aromatic rings. The average molecular weight is 275 g/mol. The summed E-state index contributed by atoms with van der Waals surface area (Å²) in [5.74, 6) is -1.02. The first-order valence-corrected chi connectivity index (χ1v) is 5.98. The molecule has 5 nitrogen and oxygen atoms in total. The van der Waals surface area contributed by atoms with Crippen molar-refractivity contribution in [3.63, 3.8) is 0 Å². The molecule has 0 spiro atoms. The maximum absolute atomic E-state index is 12.9. The summed E-state index contributed by atoms with van der Waals surface area (Å²) in [6.45, 7) is 1.87. The van der Waals surface area contributed by atoms with Gasteiger partial charge in [-0.2, -0.15) is 0 Å². The molecule has 0 aliphatic carbocycles. The molecule has 1 aromatic carbocycles. The standard InChI is InChI=1S/C14H14FN3O2/c1-8(9-2-4-10(15)5-3-9)18-13-6-11(14(19)20)12(16)7-17-13/h2-8H,16H2,1H3,(H,17,18)(H,19,20). The third-order valence-electron chi connectivity index (χ3n) is 2.90. The highest BCUT2D eigenvalue weighted by molar-refractivity contribution is 5.94. The number of carbonyl (C=O) groups is 1. The molecular weight excluding hydrogens is 261 g/mol. The van der Waals surface area contributed by atoms with E-state index in [1.807, 2.05) is 6.92 Å². The van der Waals surface area contributed by atoms with Gasteiger partial charge < -0.3 is 16.2 Å². The van der Waals surface area contributed by atoms with Crippen molar-refractivity contribution in [3.8, 4) is 0 Å². The molecule has 104 valence electrons. The SMILES string of the molecule is CC(Nc1cc(C(=O)O)c(N)cn1)c1ccc(F)cc1. The van der Waals surface area contributed by atoms with Gasteiger partial charge in [0.15, 0.2) is 0 Å². The van der Waals surface area contributed by atoms with E-state index >= 15 is 0 Å². The van der Waals surface area contributed by atoms with Crippen LogP contribution in [0, 0.1) is 5.82 Å². The van der Waals surface area contributed by atoms with E-state index in [0.29, 0.717) is 5.82 Å². The van der Waals surface area contributed by atoms with Gasteiger partial charge in [0.05, 0.1) is 17.4 Å². The molecular formula is C14H14FN3O2. The fourth-order valence-corrected chi connectivity index (χ4v) is 1.79. The highest BCUT2D eigenvalue weighted by Gasteiger charge is 2.12. The molecule has 0 saturated heterocycles. The zero-order valence-corrected chi connectivity index (χ0v) is 10.8. The number of anilines is 2. The van der Waals surface area contributed by atoms with Gasteiger partial charge in [-0.1, -0.05) is 12.1 Å². The Bertz CT molecular complexity index is 629. The molecule has 0 saturated carbocycles. The summed E-state index contributed by atoms with van der Waals surface area (Å²) < 4.78 is 12.9. The number of halogens is 1. The first-order valence-electron chi connectivity index (χ1n) is 5.98. The number of nitrogens with two attached hydrogens (primary N) is 1. The van der Waals surface area contributed by atoms with Crippen molar-refractivity contribution in [2.24, 2.45) is 0 Å². The van der Waals surface area contributed by atoms with Gasteiger partial charge in [-0.05, 0) is 30.7 Å². The number of nitrogens with one attached hydrogen (secondary N) is 1. The number of benzene rings is 1. The summed E-state index contributed by atoms with van der Waals surface area (Å²) in [6, 6.07) is 7.27. The summed E-state index contributed by atoms with van der Waals surface area (Å²) >= 11 is 0. The van der Waals surface area contributed by atoms with Crippen LogP contribution in [0.4, 0.5) is 15.9 Å². The van der Waals surface area contributed by atoms with Crippen LogP contribution in [0.1, 0.15) is 28.9 Å². The zero-order chi connectivity index (χ0) is 14.7. The van der Waals surface area contributed by atoms with Gasteiger partial charge in [0.25, 0.3) is 0 Å². The summed E-state index contributed by atoms with van der Waals surface area (Å²) in [7, 11) is 0. The molecule has 1 atom stereocenters. The minimum absolute atomic E-state index is 0.00574. The topological polar surface area (TPSA) is 88.2 Å². The molecule has 1 heterocycles. The normalized spacial score (nSPS) is 11.9.